The second kappa shape index (κ2) is 2.72. The number of amidine groups is 1. The topological polar surface area (TPSA) is 37.1 Å². The predicted octanol–water partition coefficient (Wildman–Crippen LogP) is 2.63. The zero-order valence-corrected chi connectivity index (χ0v) is 7.63. The van der Waals surface area contributed by atoms with Crippen molar-refractivity contribution >= 4 is 5.84 Å². The van der Waals surface area contributed by atoms with E-state index in [4.69, 9.17) is 0 Å². The van der Waals surface area contributed by atoms with Crippen molar-refractivity contribution in [3.63, 3.8) is 0 Å². The molecule has 0 aromatic carbocycles. The minimum atomic E-state index is 0.0485. The average molecular weight is 153 g/mol. The number of azo groups is 1. The van der Waals surface area contributed by atoms with Crippen LogP contribution in [-0.2, 0) is 0 Å². The standard InChI is InChI=1S/C8H15N3/c1-6-9-7(11-10-6)5-8(2,3)4/h6H,5H2,1-4H3. The molecule has 11 heavy (non-hydrogen) atoms. The third-order valence-electron chi connectivity index (χ3n) is 1.36. The smallest absolute Gasteiger partial charge is 0.160 e. The van der Waals surface area contributed by atoms with Crippen LogP contribution < -0.4 is 0 Å². The molecule has 3 nitrogen and oxygen atoms in total. The zero-order valence-electron chi connectivity index (χ0n) is 7.63. The van der Waals surface area contributed by atoms with Gasteiger partial charge in [-0.3, -0.25) is 0 Å². The van der Waals surface area contributed by atoms with Crippen LogP contribution in [0, 0.1) is 5.41 Å². The average Bonchev–Trinajstić information content (AvgIpc) is 2.10. The lowest BCUT2D eigenvalue weighted by Gasteiger charge is -2.15. The van der Waals surface area contributed by atoms with Crippen molar-refractivity contribution in [1.82, 2.24) is 0 Å². The van der Waals surface area contributed by atoms with Gasteiger partial charge < -0.3 is 0 Å². The van der Waals surface area contributed by atoms with Crippen LogP contribution in [0.2, 0.25) is 0 Å². The monoisotopic (exact) mass is 153 g/mol. The van der Waals surface area contributed by atoms with E-state index in [2.05, 4.69) is 36.0 Å². The van der Waals surface area contributed by atoms with Crippen LogP contribution >= 0.6 is 0 Å². The van der Waals surface area contributed by atoms with Gasteiger partial charge in [-0.1, -0.05) is 20.8 Å². The SMILES string of the molecule is CC1N=NC(CC(C)(C)C)=N1. The fraction of sp³-hybridized carbons (Fsp3) is 0.875. The van der Waals surface area contributed by atoms with Crippen molar-refractivity contribution < 1.29 is 0 Å². The number of aliphatic imine (C=N–C) groups is 1. The second-order valence-corrected chi connectivity index (χ2v) is 4.13. The Morgan fingerprint density at radius 2 is 2.00 bits per heavy atom. The molecule has 0 fully saturated rings. The van der Waals surface area contributed by atoms with Crippen LogP contribution in [0.5, 0.6) is 0 Å². The molecule has 0 N–H and O–H groups in total. The highest BCUT2D eigenvalue weighted by atomic mass is 15.3. The molecule has 1 aliphatic rings. The first kappa shape index (κ1) is 8.37. The Labute approximate surface area is 67.6 Å². The van der Waals surface area contributed by atoms with E-state index in [0.29, 0.717) is 0 Å². The Bertz CT molecular complexity index is 198. The minimum absolute atomic E-state index is 0.0485. The van der Waals surface area contributed by atoms with Crippen LogP contribution in [0.1, 0.15) is 34.1 Å². The van der Waals surface area contributed by atoms with Crippen molar-refractivity contribution in [3.05, 3.63) is 0 Å². The summed E-state index contributed by atoms with van der Waals surface area (Å²) in [5, 5.41) is 7.90. The molecule has 62 valence electrons. The lowest BCUT2D eigenvalue weighted by Crippen LogP contribution is -2.10. The quantitative estimate of drug-likeness (QED) is 0.555. The van der Waals surface area contributed by atoms with Gasteiger partial charge in [-0.25, -0.2) is 4.99 Å². The third kappa shape index (κ3) is 2.78. The Kier molecular flexibility index (Phi) is 2.07. The highest BCUT2D eigenvalue weighted by molar-refractivity contribution is 5.84. The number of hydrogen-bond acceptors (Lipinski definition) is 3. The molecule has 0 saturated heterocycles. The normalized spacial score (nSPS) is 24.0. The lowest BCUT2D eigenvalue weighted by molar-refractivity contribution is 0.432. The van der Waals surface area contributed by atoms with Crippen molar-refractivity contribution in [2.24, 2.45) is 20.6 Å². The highest BCUT2D eigenvalue weighted by Crippen LogP contribution is 2.22. The molecule has 0 saturated carbocycles. The van der Waals surface area contributed by atoms with Crippen LogP contribution in [0.4, 0.5) is 0 Å². The molecule has 1 atom stereocenters. The molecule has 1 heterocycles. The molecule has 1 unspecified atom stereocenters. The summed E-state index contributed by atoms with van der Waals surface area (Å²) in [4.78, 5) is 4.26. The molecular weight excluding hydrogens is 138 g/mol. The number of rotatable bonds is 1. The fourth-order valence-corrected chi connectivity index (χ4v) is 0.973. The van der Waals surface area contributed by atoms with E-state index in [1.807, 2.05) is 6.92 Å². The van der Waals surface area contributed by atoms with Gasteiger partial charge in [-0.15, -0.1) is 5.11 Å². The first-order valence-electron chi connectivity index (χ1n) is 3.95. The number of hydrogen-bond donors (Lipinski definition) is 0. The van der Waals surface area contributed by atoms with Gasteiger partial charge in [0.05, 0.1) is 0 Å². The summed E-state index contributed by atoms with van der Waals surface area (Å²) in [6.45, 7) is 8.47. The van der Waals surface area contributed by atoms with E-state index in [-0.39, 0.29) is 11.6 Å². The van der Waals surface area contributed by atoms with E-state index in [1.165, 1.54) is 0 Å². The van der Waals surface area contributed by atoms with Crippen molar-refractivity contribution in [2.75, 3.05) is 0 Å². The molecule has 3 heteroatoms. The molecule has 0 aliphatic carbocycles. The first-order valence-corrected chi connectivity index (χ1v) is 3.95. The van der Waals surface area contributed by atoms with Gasteiger partial charge in [0.25, 0.3) is 0 Å². The van der Waals surface area contributed by atoms with Gasteiger partial charge in [0.2, 0.25) is 0 Å². The van der Waals surface area contributed by atoms with E-state index >= 15 is 0 Å². The van der Waals surface area contributed by atoms with Gasteiger partial charge in [-0.2, -0.15) is 5.11 Å². The lowest BCUT2D eigenvalue weighted by atomic mass is 9.92. The highest BCUT2D eigenvalue weighted by Gasteiger charge is 2.17. The number of nitrogens with zero attached hydrogens (tertiary/aromatic N) is 3. The van der Waals surface area contributed by atoms with Crippen LogP contribution in [0.3, 0.4) is 0 Å². The van der Waals surface area contributed by atoms with E-state index in [9.17, 15) is 0 Å². The van der Waals surface area contributed by atoms with E-state index in [1.54, 1.807) is 0 Å². The Morgan fingerprint density at radius 3 is 2.36 bits per heavy atom. The predicted molar refractivity (Wildman–Crippen MR) is 45.8 cm³/mol. The summed E-state index contributed by atoms with van der Waals surface area (Å²) in [7, 11) is 0. The van der Waals surface area contributed by atoms with E-state index in [0.717, 1.165) is 12.3 Å². The van der Waals surface area contributed by atoms with Crippen LogP contribution in [0.25, 0.3) is 0 Å². The third-order valence-corrected chi connectivity index (χ3v) is 1.36. The summed E-state index contributed by atoms with van der Waals surface area (Å²) < 4.78 is 0. The summed E-state index contributed by atoms with van der Waals surface area (Å²) in [5.41, 5.74) is 0.266. The summed E-state index contributed by atoms with van der Waals surface area (Å²) in [6, 6.07) is 0. The molecule has 0 amide bonds. The molecule has 0 aromatic rings. The maximum atomic E-state index is 4.26. The van der Waals surface area contributed by atoms with Crippen LogP contribution in [0.15, 0.2) is 15.2 Å². The fourth-order valence-electron chi connectivity index (χ4n) is 0.973. The van der Waals surface area contributed by atoms with Gasteiger partial charge in [0.1, 0.15) is 5.84 Å². The van der Waals surface area contributed by atoms with Crippen molar-refractivity contribution in [2.45, 2.75) is 40.3 Å². The molecule has 0 aromatic heterocycles. The molecule has 1 rings (SSSR count). The largest absolute Gasteiger partial charge is 0.240 e. The van der Waals surface area contributed by atoms with Crippen molar-refractivity contribution in [3.8, 4) is 0 Å². The summed E-state index contributed by atoms with van der Waals surface area (Å²) >= 11 is 0. The molecular formula is C8H15N3. The Balaban J connectivity index is 2.53. The molecule has 1 aliphatic heterocycles. The Hall–Kier alpha value is -0.730. The molecule has 0 radical (unpaired) electrons. The van der Waals surface area contributed by atoms with E-state index < -0.39 is 0 Å². The van der Waals surface area contributed by atoms with Gasteiger partial charge in [0.15, 0.2) is 6.17 Å². The summed E-state index contributed by atoms with van der Waals surface area (Å²) in [5.74, 6) is 0.894. The molecule has 0 spiro atoms. The maximum absolute atomic E-state index is 4.26. The maximum Gasteiger partial charge on any atom is 0.160 e. The van der Waals surface area contributed by atoms with Gasteiger partial charge >= 0.3 is 0 Å². The first-order chi connectivity index (χ1) is 4.97. The minimum Gasteiger partial charge on any atom is -0.240 e. The second-order valence-electron chi connectivity index (χ2n) is 4.13. The van der Waals surface area contributed by atoms with Crippen LogP contribution in [-0.4, -0.2) is 12.0 Å². The zero-order chi connectivity index (χ0) is 8.48. The van der Waals surface area contributed by atoms with Gasteiger partial charge in [-0.05, 0) is 12.3 Å². The Morgan fingerprint density at radius 1 is 1.36 bits per heavy atom. The van der Waals surface area contributed by atoms with Gasteiger partial charge in [0, 0.05) is 6.42 Å². The molecule has 0 bridgehead atoms. The van der Waals surface area contributed by atoms with Crippen molar-refractivity contribution in [1.29, 1.82) is 0 Å². The summed E-state index contributed by atoms with van der Waals surface area (Å²) in [6.07, 6.45) is 0.966.